The number of hydrogen-bond acceptors (Lipinski definition) is 4. The van der Waals surface area contributed by atoms with E-state index in [2.05, 4.69) is 20.5 Å². The van der Waals surface area contributed by atoms with Gasteiger partial charge in [-0.25, -0.2) is 9.97 Å². The van der Waals surface area contributed by atoms with E-state index in [4.69, 9.17) is 28.5 Å². The van der Waals surface area contributed by atoms with Crippen LogP contribution in [0.5, 0.6) is 0 Å². The Morgan fingerprint density at radius 2 is 2.26 bits per heavy atom. The molecular weight excluding hydrogens is 312 g/mol. The summed E-state index contributed by atoms with van der Waals surface area (Å²) >= 11 is 6.26. The number of hydrogen-bond donors (Lipinski definition) is 1. The molecule has 5 nitrogen and oxygen atoms in total. The number of fused-ring (bicyclic) bond motifs is 1. The molecule has 0 fully saturated rings. The van der Waals surface area contributed by atoms with Crippen molar-refractivity contribution in [2.45, 2.75) is 6.54 Å². The minimum absolute atomic E-state index is 0.176. The average molecular weight is 327 g/mol. The number of terminal acetylenes is 1. The topological polar surface area (TPSA) is 66.0 Å². The Morgan fingerprint density at radius 1 is 1.43 bits per heavy atom. The van der Waals surface area contributed by atoms with Crippen molar-refractivity contribution in [2.75, 3.05) is 19.5 Å². The molecule has 2 aromatic heterocycles. The summed E-state index contributed by atoms with van der Waals surface area (Å²) in [7, 11) is 1.67. The Bertz CT molecular complexity index is 911. The molecule has 0 bridgehead atoms. The Labute approximate surface area is 139 Å². The first-order valence-corrected chi connectivity index (χ1v) is 7.38. The van der Waals surface area contributed by atoms with E-state index in [9.17, 15) is 0 Å². The van der Waals surface area contributed by atoms with Gasteiger partial charge in [0.2, 0.25) is 5.95 Å². The second kappa shape index (κ2) is 6.29. The number of halogens is 1. The normalized spacial score (nSPS) is 10.8. The summed E-state index contributed by atoms with van der Waals surface area (Å²) in [5.74, 6) is 2.83. The summed E-state index contributed by atoms with van der Waals surface area (Å²) in [6.07, 6.45) is 9.01. The molecule has 6 heteroatoms. The maximum absolute atomic E-state index is 6.26. The van der Waals surface area contributed by atoms with E-state index >= 15 is 0 Å². The van der Waals surface area contributed by atoms with Crippen LogP contribution in [0.2, 0.25) is 5.02 Å². The molecule has 0 radical (unpaired) electrons. The quantitative estimate of drug-likeness (QED) is 0.749. The Kier molecular flexibility index (Phi) is 4.20. The molecule has 3 aromatic rings. The maximum Gasteiger partial charge on any atom is 0.220 e. The lowest BCUT2D eigenvalue weighted by Gasteiger charge is -2.03. The summed E-state index contributed by atoms with van der Waals surface area (Å²) in [4.78, 5) is 8.19. The fourth-order valence-corrected chi connectivity index (χ4v) is 2.71. The number of benzene rings is 1. The van der Waals surface area contributed by atoms with Crippen molar-refractivity contribution in [1.29, 1.82) is 0 Å². The van der Waals surface area contributed by atoms with Crippen molar-refractivity contribution in [3.8, 4) is 23.6 Å². The molecule has 0 atom stereocenters. The number of nitrogens with two attached hydrogens (primary N) is 1. The van der Waals surface area contributed by atoms with Crippen LogP contribution in [-0.4, -0.2) is 28.3 Å². The molecule has 3 rings (SSSR count). The molecule has 0 unspecified atom stereocenters. The van der Waals surface area contributed by atoms with Crippen molar-refractivity contribution in [3.63, 3.8) is 0 Å². The summed E-state index contributed by atoms with van der Waals surface area (Å²) < 4.78 is 7.26. The van der Waals surface area contributed by atoms with Gasteiger partial charge >= 0.3 is 0 Å². The van der Waals surface area contributed by atoms with Crippen molar-refractivity contribution >= 4 is 28.5 Å². The number of methoxy groups -OCH3 is 1. The van der Waals surface area contributed by atoms with Crippen LogP contribution in [0.15, 0.2) is 30.6 Å². The number of anilines is 1. The van der Waals surface area contributed by atoms with Crippen molar-refractivity contribution in [3.05, 3.63) is 41.2 Å². The Hall–Kier alpha value is -2.55. The molecule has 0 saturated heterocycles. The van der Waals surface area contributed by atoms with Crippen LogP contribution in [0.3, 0.4) is 0 Å². The Morgan fingerprint density at radius 3 is 3.00 bits per heavy atom. The molecule has 0 amide bonds. The van der Waals surface area contributed by atoms with Crippen LogP contribution in [0, 0.1) is 12.3 Å². The molecular formula is C17H15ClN4O. The van der Waals surface area contributed by atoms with Gasteiger partial charge in [-0.1, -0.05) is 17.5 Å². The van der Waals surface area contributed by atoms with E-state index in [0.29, 0.717) is 23.9 Å². The van der Waals surface area contributed by atoms with Gasteiger partial charge < -0.3 is 15.0 Å². The zero-order valence-electron chi connectivity index (χ0n) is 12.6. The molecule has 0 aliphatic heterocycles. The van der Waals surface area contributed by atoms with E-state index in [1.54, 1.807) is 7.11 Å². The number of nitrogens with zero attached hydrogens (tertiary/aromatic N) is 3. The van der Waals surface area contributed by atoms with Crippen molar-refractivity contribution in [2.24, 2.45) is 0 Å². The third kappa shape index (κ3) is 2.87. The molecule has 2 N–H and O–H groups in total. The highest BCUT2D eigenvalue weighted by molar-refractivity contribution is 6.33. The summed E-state index contributed by atoms with van der Waals surface area (Å²) in [5.41, 5.74) is 9.00. The first-order valence-electron chi connectivity index (χ1n) is 7.01. The van der Waals surface area contributed by atoms with E-state index < -0.39 is 0 Å². The molecule has 0 aliphatic rings. The Balaban J connectivity index is 2.26. The lowest BCUT2D eigenvalue weighted by atomic mass is 10.1. The van der Waals surface area contributed by atoms with E-state index in [0.717, 1.165) is 22.0 Å². The van der Waals surface area contributed by atoms with E-state index in [-0.39, 0.29) is 5.95 Å². The molecule has 116 valence electrons. The highest BCUT2D eigenvalue weighted by Gasteiger charge is 2.15. The molecule has 2 heterocycles. The molecule has 0 aliphatic carbocycles. The van der Waals surface area contributed by atoms with Gasteiger partial charge in [-0.3, -0.25) is 0 Å². The number of nitrogen functional groups attached to an aromatic ring is 1. The largest absolute Gasteiger partial charge is 0.383 e. The van der Waals surface area contributed by atoms with Gasteiger partial charge in [0.1, 0.15) is 0 Å². The average Bonchev–Trinajstić information content (AvgIpc) is 2.92. The fourth-order valence-electron chi connectivity index (χ4n) is 2.52. The first-order chi connectivity index (χ1) is 11.1. The lowest BCUT2D eigenvalue weighted by Crippen LogP contribution is -2.02. The van der Waals surface area contributed by atoms with Gasteiger partial charge in [0.05, 0.1) is 23.5 Å². The van der Waals surface area contributed by atoms with Crippen LogP contribution < -0.4 is 5.73 Å². The SMILES string of the molecule is C#Cc1ccc2c(c1)c(-c1nc(N)ncc1Cl)cn2CCOC. The van der Waals surface area contributed by atoms with Gasteiger partial charge in [0, 0.05) is 41.9 Å². The van der Waals surface area contributed by atoms with Gasteiger partial charge in [0.15, 0.2) is 0 Å². The predicted molar refractivity (Wildman–Crippen MR) is 92.2 cm³/mol. The maximum atomic E-state index is 6.26. The van der Waals surface area contributed by atoms with Crippen LogP contribution >= 0.6 is 11.6 Å². The molecule has 0 spiro atoms. The zero-order chi connectivity index (χ0) is 16.4. The second-order valence-electron chi connectivity index (χ2n) is 5.03. The summed E-state index contributed by atoms with van der Waals surface area (Å²) in [6, 6.07) is 5.84. The van der Waals surface area contributed by atoms with Crippen LogP contribution in [0.4, 0.5) is 5.95 Å². The van der Waals surface area contributed by atoms with Crippen molar-refractivity contribution < 1.29 is 4.74 Å². The lowest BCUT2D eigenvalue weighted by molar-refractivity contribution is 0.188. The summed E-state index contributed by atoms with van der Waals surface area (Å²) in [5, 5.41) is 1.41. The van der Waals surface area contributed by atoms with Crippen molar-refractivity contribution in [1.82, 2.24) is 14.5 Å². The summed E-state index contributed by atoms with van der Waals surface area (Å²) in [6.45, 7) is 1.31. The highest BCUT2D eigenvalue weighted by atomic mass is 35.5. The minimum Gasteiger partial charge on any atom is -0.383 e. The third-order valence-corrected chi connectivity index (χ3v) is 3.88. The van der Waals surface area contributed by atoms with Crippen LogP contribution in [-0.2, 0) is 11.3 Å². The van der Waals surface area contributed by atoms with E-state index in [1.807, 2.05) is 24.4 Å². The molecule has 0 saturated carbocycles. The smallest absolute Gasteiger partial charge is 0.220 e. The standard InChI is InChI=1S/C17H15ClN4O/c1-3-11-4-5-15-12(8-11)13(10-22(15)6-7-23-2)16-14(18)9-20-17(19)21-16/h1,4-5,8-10H,6-7H2,2H3,(H2,19,20,21). The minimum atomic E-state index is 0.176. The second-order valence-corrected chi connectivity index (χ2v) is 5.44. The molecule has 1 aromatic carbocycles. The fraction of sp³-hybridized carbons (Fsp3) is 0.176. The van der Waals surface area contributed by atoms with Gasteiger partial charge in [0.25, 0.3) is 0 Å². The zero-order valence-corrected chi connectivity index (χ0v) is 13.3. The van der Waals surface area contributed by atoms with Crippen LogP contribution in [0.25, 0.3) is 22.2 Å². The number of aromatic nitrogens is 3. The van der Waals surface area contributed by atoms with Gasteiger partial charge in [-0.2, -0.15) is 0 Å². The first kappa shape index (κ1) is 15.3. The van der Waals surface area contributed by atoms with Crippen LogP contribution in [0.1, 0.15) is 5.56 Å². The number of rotatable bonds is 4. The van der Waals surface area contributed by atoms with Gasteiger partial charge in [-0.15, -0.1) is 6.42 Å². The van der Waals surface area contributed by atoms with Gasteiger partial charge in [-0.05, 0) is 18.2 Å². The highest BCUT2D eigenvalue weighted by Crippen LogP contribution is 2.34. The third-order valence-electron chi connectivity index (χ3n) is 3.60. The van der Waals surface area contributed by atoms with E-state index in [1.165, 1.54) is 6.20 Å². The monoisotopic (exact) mass is 326 g/mol. The predicted octanol–water partition coefficient (Wildman–Crippen LogP) is 2.96. The number of ether oxygens (including phenoxy) is 1. The molecule has 23 heavy (non-hydrogen) atoms.